The number of benzene rings is 2. The summed E-state index contributed by atoms with van der Waals surface area (Å²) in [5.41, 5.74) is 14.1. The summed E-state index contributed by atoms with van der Waals surface area (Å²) >= 11 is 0. The summed E-state index contributed by atoms with van der Waals surface area (Å²) in [6.45, 7) is 0. The van der Waals surface area contributed by atoms with Crippen LogP contribution in [0.2, 0.25) is 0 Å². The number of nitrogens with two attached hydrogens (primary N) is 2. The van der Waals surface area contributed by atoms with Gasteiger partial charge in [-0.3, -0.25) is 24.0 Å². The van der Waals surface area contributed by atoms with Crippen molar-refractivity contribution in [2.75, 3.05) is 0 Å². The molecular formula is C29H32N4O7. The summed E-state index contributed by atoms with van der Waals surface area (Å²) in [7, 11) is 0. The first-order valence-electron chi connectivity index (χ1n) is 12.8. The zero-order valence-corrected chi connectivity index (χ0v) is 21.9. The van der Waals surface area contributed by atoms with Crippen LogP contribution in [0.5, 0.6) is 0 Å². The van der Waals surface area contributed by atoms with Crippen LogP contribution in [0.15, 0.2) is 65.2 Å². The van der Waals surface area contributed by atoms with E-state index in [9.17, 15) is 24.0 Å². The predicted molar refractivity (Wildman–Crippen MR) is 145 cm³/mol. The summed E-state index contributed by atoms with van der Waals surface area (Å²) in [5.74, 6) is -4.11. The Labute approximate surface area is 230 Å². The van der Waals surface area contributed by atoms with E-state index in [1.165, 1.54) is 0 Å². The smallest absolute Gasteiger partial charge is 0.303 e. The lowest BCUT2D eigenvalue weighted by molar-refractivity contribution is -0.138. The molecule has 2 atom stereocenters. The van der Waals surface area contributed by atoms with Gasteiger partial charge in [-0.2, -0.15) is 0 Å². The SMILES string of the molecule is NC(=O)CC[C@H](CC(=O)[C@H](CCC(=O)O)NC(=O)CCc1cc(-c2ccc(-c3ccccc3)cc2)no1)C(N)=O. The van der Waals surface area contributed by atoms with Gasteiger partial charge >= 0.3 is 5.97 Å². The molecule has 6 N–H and O–H groups in total. The molecule has 40 heavy (non-hydrogen) atoms. The highest BCUT2D eigenvalue weighted by molar-refractivity contribution is 5.92. The van der Waals surface area contributed by atoms with Gasteiger partial charge in [0.1, 0.15) is 11.5 Å². The van der Waals surface area contributed by atoms with Gasteiger partial charge in [0.05, 0.1) is 6.04 Å². The number of carboxylic acids is 1. The summed E-state index contributed by atoms with van der Waals surface area (Å²) in [6.07, 6.45) is -0.868. The number of rotatable bonds is 16. The maximum atomic E-state index is 12.8. The molecule has 0 spiro atoms. The number of aliphatic carboxylic acids is 1. The maximum absolute atomic E-state index is 12.8. The number of aromatic nitrogens is 1. The van der Waals surface area contributed by atoms with E-state index >= 15 is 0 Å². The number of ketones is 1. The van der Waals surface area contributed by atoms with Crippen molar-refractivity contribution in [3.63, 3.8) is 0 Å². The second kappa shape index (κ2) is 14.4. The van der Waals surface area contributed by atoms with E-state index < -0.39 is 41.4 Å². The van der Waals surface area contributed by atoms with Gasteiger partial charge in [0.25, 0.3) is 0 Å². The Morgan fingerprint density at radius 3 is 2.12 bits per heavy atom. The normalized spacial score (nSPS) is 12.3. The average Bonchev–Trinajstić information content (AvgIpc) is 3.41. The highest BCUT2D eigenvalue weighted by Crippen LogP contribution is 2.25. The van der Waals surface area contributed by atoms with Gasteiger partial charge in [0.15, 0.2) is 5.78 Å². The molecule has 0 unspecified atom stereocenters. The van der Waals surface area contributed by atoms with E-state index in [4.69, 9.17) is 21.1 Å². The van der Waals surface area contributed by atoms with Crippen molar-refractivity contribution in [1.82, 2.24) is 10.5 Å². The van der Waals surface area contributed by atoms with Crippen molar-refractivity contribution in [3.8, 4) is 22.4 Å². The minimum Gasteiger partial charge on any atom is -0.481 e. The molecule has 0 aliphatic heterocycles. The molecule has 3 amide bonds. The second-order valence-corrected chi connectivity index (χ2v) is 9.45. The lowest BCUT2D eigenvalue weighted by Crippen LogP contribution is -2.43. The van der Waals surface area contributed by atoms with Crippen molar-refractivity contribution in [3.05, 3.63) is 66.4 Å². The first-order chi connectivity index (χ1) is 19.1. The van der Waals surface area contributed by atoms with Crippen LogP contribution in [0, 0.1) is 5.92 Å². The first-order valence-corrected chi connectivity index (χ1v) is 12.8. The fourth-order valence-corrected chi connectivity index (χ4v) is 4.16. The van der Waals surface area contributed by atoms with Crippen molar-refractivity contribution in [1.29, 1.82) is 0 Å². The lowest BCUT2D eigenvalue weighted by atomic mass is 9.92. The molecule has 2 aromatic carbocycles. The quantitative estimate of drug-likeness (QED) is 0.209. The van der Waals surface area contributed by atoms with Gasteiger partial charge in [-0.25, -0.2) is 0 Å². The monoisotopic (exact) mass is 548 g/mol. The van der Waals surface area contributed by atoms with Crippen LogP contribution in [-0.2, 0) is 30.4 Å². The maximum Gasteiger partial charge on any atom is 0.303 e. The Kier molecular flexibility index (Phi) is 10.7. The second-order valence-electron chi connectivity index (χ2n) is 9.45. The highest BCUT2D eigenvalue weighted by atomic mass is 16.5. The summed E-state index contributed by atoms with van der Waals surface area (Å²) in [5, 5.41) is 15.7. The van der Waals surface area contributed by atoms with Gasteiger partial charge in [-0.05, 0) is 24.0 Å². The van der Waals surface area contributed by atoms with Crippen molar-refractivity contribution in [2.45, 2.75) is 51.0 Å². The van der Waals surface area contributed by atoms with Crippen LogP contribution in [0.4, 0.5) is 0 Å². The molecule has 0 aliphatic rings. The number of carboxylic acid groups (broad SMARTS) is 1. The van der Waals surface area contributed by atoms with E-state index in [0.29, 0.717) is 11.5 Å². The minimum atomic E-state index is -1.14. The number of hydrogen-bond donors (Lipinski definition) is 4. The Morgan fingerprint density at radius 2 is 1.50 bits per heavy atom. The largest absolute Gasteiger partial charge is 0.481 e. The Balaban J connectivity index is 1.58. The molecule has 210 valence electrons. The van der Waals surface area contributed by atoms with Gasteiger partial charge in [0.2, 0.25) is 17.7 Å². The molecule has 0 saturated carbocycles. The molecule has 1 heterocycles. The van der Waals surface area contributed by atoms with Crippen LogP contribution in [0.1, 0.15) is 44.3 Å². The van der Waals surface area contributed by atoms with Gasteiger partial charge in [0, 0.05) is 49.7 Å². The molecule has 0 radical (unpaired) electrons. The van der Waals surface area contributed by atoms with Gasteiger partial charge < -0.3 is 26.4 Å². The fourth-order valence-electron chi connectivity index (χ4n) is 4.16. The summed E-state index contributed by atoms with van der Waals surface area (Å²) in [6, 6.07) is 18.4. The molecule has 0 fully saturated rings. The number of aryl methyl sites for hydroxylation is 1. The number of carbonyl (C=O) groups excluding carboxylic acids is 4. The van der Waals surface area contributed by atoms with Crippen LogP contribution < -0.4 is 16.8 Å². The average molecular weight is 549 g/mol. The predicted octanol–water partition coefficient (Wildman–Crippen LogP) is 2.62. The molecule has 1 aromatic heterocycles. The first kappa shape index (κ1) is 29.8. The summed E-state index contributed by atoms with van der Waals surface area (Å²) < 4.78 is 5.38. The van der Waals surface area contributed by atoms with E-state index in [1.54, 1.807) is 6.07 Å². The zero-order chi connectivity index (χ0) is 29.1. The molecule has 0 saturated heterocycles. The summed E-state index contributed by atoms with van der Waals surface area (Å²) in [4.78, 5) is 59.3. The molecule has 0 aliphatic carbocycles. The Morgan fingerprint density at radius 1 is 0.850 bits per heavy atom. The third-order valence-corrected chi connectivity index (χ3v) is 6.41. The van der Waals surface area contributed by atoms with E-state index in [1.807, 2.05) is 54.6 Å². The molecular weight excluding hydrogens is 516 g/mol. The van der Waals surface area contributed by atoms with E-state index in [2.05, 4.69) is 10.5 Å². The zero-order valence-electron chi connectivity index (χ0n) is 21.9. The molecule has 11 nitrogen and oxygen atoms in total. The third-order valence-electron chi connectivity index (χ3n) is 6.41. The van der Waals surface area contributed by atoms with Crippen molar-refractivity contribution in [2.24, 2.45) is 17.4 Å². The standard InChI is InChI=1S/C29H32N4O7/c30-26(35)13-10-21(29(31)39)16-25(34)23(12-15-28(37)38)32-27(36)14-11-22-17-24(33-40-22)20-8-6-19(7-9-20)18-4-2-1-3-5-18/h1-9,17,21,23H,10-16H2,(H2,30,35)(H2,31,39)(H,32,36)(H,37,38)/t21-,23+/m1/s1. The third kappa shape index (κ3) is 9.19. The van der Waals surface area contributed by atoms with E-state index in [0.717, 1.165) is 16.7 Å². The van der Waals surface area contributed by atoms with Crippen molar-refractivity contribution >= 4 is 29.5 Å². The topological polar surface area (TPSA) is 196 Å². The number of nitrogens with one attached hydrogen (secondary N) is 1. The Bertz CT molecular complexity index is 1340. The van der Waals surface area contributed by atoms with Crippen molar-refractivity contribution < 1.29 is 33.6 Å². The molecule has 11 heteroatoms. The number of hydrogen-bond acceptors (Lipinski definition) is 7. The molecule has 3 aromatic rings. The number of nitrogens with zero attached hydrogens (tertiary/aromatic N) is 1. The fraction of sp³-hybridized carbons (Fsp3) is 0.310. The number of amides is 3. The number of Topliss-reactive ketones (excluding diaryl/α,β-unsaturated/α-hetero) is 1. The van der Waals surface area contributed by atoms with Crippen LogP contribution >= 0.6 is 0 Å². The van der Waals surface area contributed by atoms with Gasteiger partial charge in [-0.1, -0.05) is 59.8 Å². The van der Waals surface area contributed by atoms with Gasteiger partial charge in [-0.15, -0.1) is 0 Å². The minimum absolute atomic E-state index is 0.0151. The van der Waals surface area contributed by atoms with Crippen LogP contribution in [0.25, 0.3) is 22.4 Å². The van der Waals surface area contributed by atoms with Crippen LogP contribution in [-0.4, -0.2) is 45.8 Å². The molecule has 3 rings (SSSR count). The lowest BCUT2D eigenvalue weighted by Gasteiger charge is -2.19. The number of primary amides is 2. The highest BCUT2D eigenvalue weighted by Gasteiger charge is 2.27. The number of carbonyl (C=O) groups is 5. The molecule has 0 bridgehead atoms. The van der Waals surface area contributed by atoms with Crippen LogP contribution in [0.3, 0.4) is 0 Å². The Hall–Kier alpha value is -4.80. The van der Waals surface area contributed by atoms with E-state index in [-0.39, 0.29) is 44.9 Å².